The first-order valence-corrected chi connectivity index (χ1v) is 7.71. The Morgan fingerprint density at radius 1 is 1.15 bits per heavy atom. The first-order chi connectivity index (χ1) is 9.78. The molecule has 3 nitrogen and oxygen atoms in total. The lowest BCUT2D eigenvalue weighted by Gasteiger charge is -2.21. The van der Waals surface area contributed by atoms with E-state index in [-0.39, 0.29) is 12.0 Å². The van der Waals surface area contributed by atoms with Crippen molar-refractivity contribution in [3.05, 3.63) is 35.4 Å². The van der Waals surface area contributed by atoms with Crippen LogP contribution in [0.15, 0.2) is 24.3 Å². The predicted octanol–water partition coefficient (Wildman–Crippen LogP) is 3.31. The number of ether oxygens (including phenoxy) is 1. The minimum absolute atomic E-state index is 0.184. The Balaban J connectivity index is 1.74. The maximum atomic E-state index is 12.0. The SMILES string of the molecule is COC(=O)C(NC1CCCC1)c1ccc(C2CC2)cc1. The molecule has 0 heterocycles. The molecule has 108 valence electrons. The minimum Gasteiger partial charge on any atom is -0.468 e. The number of methoxy groups -OCH3 is 1. The Kier molecular flexibility index (Phi) is 4.06. The van der Waals surface area contributed by atoms with Gasteiger partial charge in [-0.1, -0.05) is 37.1 Å². The third kappa shape index (κ3) is 3.04. The van der Waals surface area contributed by atoms with Gasteiger partial charge in [0.1, 0.15) is 6.04 Å². The molecule has 2 saturated carbocycles. The van der Waals surface area contributed by atoms with Crippen molar-refractivity contribution in [1.82, 2.24) is 5.32 Å². The fourth-order valence-corrected chi connectivity index (χ4v) is 3.12. The van der Waals surface area contributed by atoms with E-state index >= 15 is 0 Å². The number of carbonyl (C=O) groups excluding carboxylic acids is 1. The van der Waals surface area contributed by atoms with Gasteiger partial charge in [-0.3, -0.25) is 5.32 Å². The standard InChI is InChI=1S/C17H23NO2/c1-20-17(19)16(18-15-4-2-3-5-15)14-10-8-13(9-11-14)12-6-7-12/h8-12,15-16,18H,2-7H2,1H3. The van der Waals surface area contributed by atoms with Gasteiger partial charge in [-0.15, -0.1) is 0 Å². The van der Waals surface area contributed by atoms with Gasteiger partial charge in [-0.2, -0.15) is 0 Å². The van der Waals surface area contributed by atoms with Crippen LogP contribution in [-0.2, 0) is 9.53 Å². The van der Waals surface area contributed by atoms with Crippen molar-refractivity contribution in [2.45, 2.75) is 56.5 Å². The highest BCUT2D eigenvalue weighted by molar-refractivity contribution is 5.77. The molecule has 20 heavy (non-hydrogen) atoms. The minimum atomic E-state index is -0.323. The summed E-state index contributed by atoms with van der Waals surface area (Å²) in [5, 5.41) is 3.47. The molecule has 1 aromatic rings. The summed E-state index contributed by atoms with van der Waals surface area (Å²) in [6.07, 6.45) is 7.44. The molecule has 0 aliphatic heterocycles. The van der Waals surface area contributed by atoms with Crippen LogP contribution in [0.4, 0.5) is 0 Å². The molecule has 0 radical (unpaired) electrons. The number of carbonyl (C=O) groups is 1. The third-order valence-corrected chi connectivity index (χ3v) is 4.51. The van der Waals surface area contributed by atoms with Gasteiger partial charge in [0, 0.05) is 6.04 Å². The lowest BCUT2D eigenvalue weighted by Crippen LogP contribution is -2.36. The van der Waals surface area contributed by atoms with E-state index in [4.69, 9.17) is 4.74 Å². The maximum absolute atomic E-state index is 12.0. The second-order valence-corrected chi connectivity index (χ2v) is 6.05. The highest BCUT2D eigenvalue weighted by Crippen LogP contribution is 2.40. The van der Waals surface area contributed by atoms with Crippen molar-refractivity contribution >= 4 is 5.97 Å². The summed E-state index contributed by atoms with van der Waals surface area (Å²) in [5.74, 6) is 0.569. The zero-order valence-corrected chi connectivity index (χ0v) is 12.1. The van der Waals surface area contributed by atoms with E-state index in [0.29, 0.717) is 6.04 Å². The highest BCUT2D eigenvalue weighted by Gasteiger charge is 2.27. The van der Waals surface area contributed by atoms with Crippen molar-refractivity contribution in [3.63, 3.8) is 0 Å². The molecule has 1 aromatic carbocycles. The quantitative estimate of drug-likeness (QED) is 0.836. The molecule has 3 heteroatoms. The Labute approximate surface area is 120 Å². The maximum Gasteiger partial charge on any atom is 0.327 e. The molecule has 2 fully saturated rings. The molecule has 0 saturated heterocycles. The second-order valence-electron chi connectivity index (χ2n) is 6.05. The van der Waals surface area contributed by atoms with E-state index in [0.717, 1.165) is 24.3 Å². The monoisotopic (exact) mass is 273 g/mol. The molecular weight excluding hydrogens is 250 g/mol. The normalized spacial score (nSPS) is 20.9. The van der Waals surface area contributed by atoms with Crippen LogP contribution in [0.2, 0.25) is 0 Å². The van der Waals surface area contributed by atoms with E-state index in [1.54, 1.807) is 0 Å². The molecule has 0 aromatic heterocycles. The number of hydrogen-bond donors (Lipinski definition) is 1. The summed E-state index contributed by atoms with van der Waals surface area (Å²) in [6.45, 7) is 0. The van der Waals surface area contributed by atoms with Gasteiger partial charge in [-0.05, 0) is 42.7 Å². The topological polar surface area (TPSA) is 38.3 Å². The molecule has 2 aliphatic rings. The summed E-state index contributed by atoms with van der Waals surface area (Å²) >= 11 is 0. The molecule has 1 N–H and O–H groups in total. The summed E-state index contributed by atoms with van der Waals surface area (Å²) < 4.78 is 4.97. The van der Waals surface area contributed by atoms with Crippen molar-refractivity contribution in [2.24, 2.45) is 0 Å². The average Bonchev–Trinajstić information content (AvgIpc) is 3.21. The van der Waals surface area contributed by atoms with Gasteiger partial charge in [-0.25, -0.2) is 4.79 Å². The fourth-order valence-electron chi connectivity index (χ4n) is 3.12. The molecule has 0 spiro atoms. The first-order valence-electron chi connectivity index (χ1n) is 7.71. The van der Waals surface area contributed by atoms with Crippen molar-refractivity contribution in [2.75, 3.05) is 7.11 Å². The van der Waals surface area contributed by atoms with E-state index in [1.165, 1.54) is 38.4 Å². The Morgan fingerprint density at radius 2 is 1.80 bits per heavy atom. The number of esters is 1. The zero-order valence-electron chi connectivity index (χ0n) is 12.1. The molecule has 1 unspecified atom stereocenters. The van der Waals surface area contributed by atoms with Gasteiger partial charge in [0.05, 0.1) is 7.11 Å². The van der Waals surface area contributed by atoms with Gasteiger partial charge in [0.25, 0.3) is 0 Å². The van der Waals surface area contributed by atoms with Crippen LogP contribution in [0.3, 0.4) is 0 Å². The average molecular weight is 273 g/mol. The predicted molar refractivity (Wildman–Crippen MR) is 78.6 cm³/mol. The molecular formula is C17H23NO2. The largest absolute Gasteiger partial charge is 0.468 e. The molecule has 3 rings (SSSR count). The molecule has 0 amide bonds. The van der Waals surface area contributed by atoms with Crippen molar-refractivity contribution in [3.8, 4) is 0 Å². The van der Waals surface area contributed by atoms with Crippen LogP contribution in [-0.4, -0.2) is 19.1 Å². The Hall–Kier alpha value is -1.35. The van der Waals surface area contributed by atoms with Crippen LogP contribution in [0.25, 0.3) is 0 Å². The zero-order chi connectivity index (χ0) is 13.9. The van der Waals surface area contributed by atoms with E-state index in [1.807, 2.05) is 0 Å². The van der Waals surface area contributed by atoms with E-state index < -0.39 is 0 Å². The second kappa shape index (κ2) is 5.96. The summed E-state index contributed by atoms with van der Waals surface area (Å²) in [6, 6.07) is 8.62. The van der Waals surface area contributed by atoms with Gasteiger partial charge < -0.3 is 4.74 Å². The molecule has 2 aliphatic carbocycles. The number of nitrogens with one attached hydrogen (secondary N) is 1. The van der Waals surface area contributed by atoms with Crippen LogP contribution in [0.5, 0.6) is 0 Å². The van der Waals surface area contributed by atoms with Crippen LogP contribution in [0.1, 0.15) is 61.6 Å². The van der Waals surface area contributed by atoms with Crippen LogP contribution < -0.4 is 5.32 Å². The number of benzene rings is 1. The fraction of sp³-hybridized carbons (Fsp3) is 0.588. The summed E-state index contributed by atoms with van der Waals surface area (Å²) in [7, 11) is 1.46. The van der Waals surface area contributed by atoms with Gasteiger partial charge in [0.15, 0.2) is 0 Å². The van der Waals surface area contributed by atoms with E-state index in [9.17, 15) is 4.79 Å². The van der Waals surface area contributed by atoms with Gasteiger partial charge in [0.2, 0.25) is 0 Å². The lowest BCUT2D eigenvalue weighted by molar-refractivity contribution is -0.143. The first kappa shape index (κ1) is 13.6. The van der Waals surface area contributed by atoms with Crippen LogP contribution >= 0.6 is 0 Å². The third-order valence-electron chi connectivity index (χ3n) is 4.51. The van der Waals surface area contributed by atoms with Crippen molar-refractivity contribution in [1.29, 1.82) is 0 Å². The smallest absolute Gasteiger partial charge is 0.327 e. The summed E-state index contributed by atoms with van der Waals surface area (Å²) in [5.41, 5.74) is 2.42. The lowest BCUT2D eigenvalue weighted by atomic mass is 10.0. The summed E-state index contributed by atoms with van der Waals surface area (Å²) in [4.78, 5) is 12.0. The Morgan fingerprint density at radius 3 is 2.35 bits per heavy atom. The number of hydrogen-bond acceptors (Lipinski definition) is 3. The molecule has 0 bridgehead atoms. The van der Waals surface area contributed by atoms with Crippen LogP contribution in [0, 0.1) is 0 Å². The van der Waals surface area contributed by atoms with Crippen molar-refractivity contribution < 1.29 is 9.53 Å². The Bertz CT molecular complexity index is 458. The molecule has 1 atom stereocenters. The van der Waals surface area contributed by atoms with E-state index in [2.05, 4.69) is 29.6 Å². The van der Waals surface area contributed by atoms with Gasteiger partial charge >= 0.3 is 5.97 Å². The highest BCUT2D eigenvalue weighted by atomic mass is 16.5. The number of rotatable bonds is 5.